The maximum absolute atomic E-state index is 6.01. The van der Waals surface area contributed by atoms with E-state index in [1.165, 1.54) is 45.2 Å². The topological polar surface area (TPSA) is 12.5 Å². The molecule has 16 heavy (non-hydrogen) atoms. The van der Waals surface area contributed by atoms with Crippen molar-refractivity contribution in [3.63, 3.8) is 0 Å². The van der Waals surface area contributed by atoms with Gasteiger partial charge in [-0.15, -0.1) is 0 Å². The molecule has 0 aromatic rings. The molecule has 2 fully saturated rings. The third kappa shape index (κ3) is 3.46. The first kappa shape index (κ1) is 14.0. The Kier molecular flexibility index (Phi) is 5.77. The van der Waals surface area contributed by atoms with Crippen LogP contribution in [0, 0.1) is 0 Å². The molecule has 2 nitrogen and oxygen atoms in total. The second-order valence-corrected chi connectivity index (χ2v) is 5.12. The lowest BCUT2D eigenvalue weighted by atomic mass is 9.84. The van der Waals surface area contributed by atoms with Gasteiger partial charge in [0.05, 0.1) is 5.60 Å². The first-order valence-corrected chi connectivity index (χ1v) is 7.10. The van der Waals surface area contributed by atoms with E-state index in [0.717, 1.165) is 6.61 Å². The number of piperidine rings is 1. The third-order valence-electron chi connectivity index (χ3n) is 3.87. The molecule has 0 saturated carbocycles. The maximum atomic E-state index is 6.01. The van der Waals surface area contributed by atoms with Gasteiger partial charge in [-0.05, 0) is 46.0 Å². The molecular weight excluding hydrogens is 198 g/mol. The monoisotopic (exact) mass is 227 g/mol. The molecule has 0 amide bonds. The normalized spacial score (nSPS) is 25.3. The van der Waals surface area contributed by atoms with Crippen LogP contribution in [0.4, 0.5) is 0 Å². The van der Waals surface area contributed by atoms with Crippen molar-refractivity contribution in [2.45, 2.75) is 71.4 Å². The molecule has 2 aliphatic heterocycles. The minimum Gasteiger partial charge on any atom is -0.375 e. The van der Waals surface area contributed by atoms with E-state index in [9.17, 15) is 0 Å². The number of ether oxygens (including phenoxy) is 1. The van der Waals surface area contributed by atoms with Gasteiger partial charge in [0.1, 0.15) is 0 Å². The summed E-state index contributed by atoms with van der Waals surface area (Å²) in [5.74, 6) is 0. The first-order valence-electron chi connectivity index (χ1n) is 7.10. The lowest BCUT2D eigenvalue weighted by Crippen LogP contribution is -2.49. The van der Waals surface area contributed by atoms with Gasteiger partial charge in [0.25, 0.3) is 0 Å². The Morgan fingerprint density at radius 3 is 2.06 bits per heavy atom. The van der Waals surface area contributed by atoms with Gasteiger partial charge in [0.2, 0.25) is 0 Å². The smallest absolute Gasteiger partial charge is 0.0706 e. The standard InChI is InChI=1S/C12H23NO.C2H6/c1-11(2)13-8-6-12(7-9-13)5-3-4-10-14-12;1-2/h11H,3-10H2,1-2H3;1-2H3. The molecule has 0 N–H and O–H groups in total. The molecule has 0 atom stereocenters. The van der Waals surface area contributed by atoms with Crippen LogP contribution in [0.25, 0.3) is 0 Å². The number of hydrogen-bond acceptors (Lipinski definition) is 2. The summed E-state index contributed by atoms with van der Waals surface area (Å²) >= 11 is 0. The zero-order valence-electron chi connectivity index (χ0n) is 11.6. The Labute approximate surface area is 101 Å². The van der Waals surface area contributed by atoms with Gasteiger partial charge in [-0.25, -0.2) is 0 Å². The van der Waals surface area contributed by atoms with Crippen LogP contribution in [-0.4, -0.2) is 36.2 Å². The zero-order chi connectivity index (χ0) is 12.0. The number of likely N-dealkylation sites (tertiary alicyclic amines) is 1. The van der Waals surface area contributed by atoms with Crippen molar-refractivity contribution in [1.29, 1.82) is 0 Å². The Morgan fingerprint density at radius 1 is 1.00 bits per heavy atom. The Hall–Kier alpha value is -0.0800. The first-order chi connectivity index (χ1) is 7.72. The quantitative estimate of drug-likeness (QED) is 0.680. The van der Waals surface area contributed by atoms with E-state index in [1.807, 2.05) is 13.8 Å². The minimum absolute atomic E-state index is 0.281. The van der Waals surface area contributed by atoms with Gasteiger partial charge < -0.3 is 9.64 Å². The Bertz CT molecular complexity index is 175. The van der Waals surface area contributed by atoms with E-state index in [1.54, 1.807) is 0 Å². The van der Waals surface area contributed by atoms with Crippen molar-refractivity contribution in [3.8, 4) is 0 Å². The second-order valence-electron chi connectivity index (χ2n) is 5.12. The van der Waals surface area contributed by atoms with Crippen molar-refractivity contribution in [3.05, 3.63) is 0 Å². The van der Waals surface area contributed by atoms with Crippen LogP contribution in [0.15, 0.2) is 0 Å². The molecule has 0 radical (unpaired) electrons. The summed E-state index contributed by atoms with van der Waals surface area (Å²) in [4.78, 5) is 2.57. The molecule has 0 aliphatic carbocycles. The fourth-order valence-corrected chi connectivity index (χ4v) is 2.75. The summed E-state index contributed by atoms with van der Waals surface area (Å²) in [6, 6.07) is 0.705. The van der Waals surface area contributed by atoms with Crippen LogP contribution in [0.3, 0.4) is 0 Å². The fraction of sp³-hybridized carbons (Fsp3) is 1.00. The largest absolute Gasteiger partial charge is 0.375 e. The van der Waals surface area contributed by atoms with Crippen LogP contribution in [0.2, 0.25) is 0 Å². The van der Waals surface area contributed by atoms with Crippen LogP contribution < -0.4 is 0 Å². The van der Waals surface area contributed by atoms with Crippen molar-refractivity contribution >= 4 is 0 Å². The molecule has 0 bridgehead atoms. The Balaban J connectivity index is 0.000000606. The molecule has 1 spiro atoms. The molecule has 2 heterocycles. The van der Waals surface area contributed by atoms with Crippen LogP contribution in [0.5, 0.6) is 0 Å². The third-order valence-corrected chi connectivity index (χ3v) is 3.87. The van der Waals surface area contributed by atoms with Crippen molar-refractivity contribution < 1.29 is 4.74 Å². The summed E-state index contributed by atoms with van der Waals surface area (Å²) in [7, 11) is 0. The minimum atomic E-state index is 0.281. The van der Waals surface area contributed by atoms with Gasteiger partial charge >= 0.3 is 0 Å². The molecular formula is C14H29NO. The zero-order valence-corrected chi connectivity index (χ0v) is 11.6. The Morgan fingerprint density at radius 2 is 1.62 bits per heavy atom. The van der Waals surface area contributed by atoms with Crippen LogP contribution in [-0.2, 0) is 4.74 Å². The highest BCUT2D eigenvalue weighted by Gasteiger charge is 2.37. The number of hydrogen-bond donors (Lipinski definition) is 0. The predicted octanol–water partition coefficient (Wildman–Crippen LogP) is 3.46. The molecule has 2 saturated heterocycles. The van der Waals surface area contributed by atoms with Crippen LogP contribution >= 0.6 is 0 Å². The summed E-state index contributed by atoms with van der Waals surface area (Å²) in [5, 5.41) is 0. The van der Waals surface area contributed by atoms with E-state index >= 15 is 0 Å². The average molecular weight is 227 g/mol. The molecule has 2 heteroatoms. The summed E-state index contributed by atoms with van der Waals surface area (Å²) in [5.41, 5.74) is 0.281. The number of nitrogens with zero attached hydrogens (tertiary/aromatic N) is 1. The van der Waals surface area contributed by atoms with E-state index < -0.39 is 0 Å². The molecule has 2 rings (SSSR count). The van der Waals surface area contributed by atoms with E-state index in [-0.39, 0.29) is 5.60 Å². The SMILES string of the molecule is CC.CC(C)N1CCC2(CCCCO2)CC1. The maximum Gasteiger partial charge on any atom is 0.0706 e. The number of rotatable bonds is 1. The van der Waals surface area contributed by atoms with Gasteiger partial charge in [-0.1, -0.05) is 13.8 Å². The van der Waals surface area contributed by atoms with E-state index in [0.29, 0.717) is 6.04 Å². The van der Waals surface area contributed by atoms with E-state index in [2.05, 4.69) is 18.7 Å². The summed E-state index contributed by atoms with van der Waals surface area (Å²) < 4.78 is 6.01. The highest BCUT2D eigenvalue weighted by molar-refractivity contribution is 4.90. The van der Waals surface area contributed by atoms with Crippen molar-refractivity contribution in [2.75, 3.05) is 19.7 Å². The van der Waals surface area contributed by atoms with Crippen molar-refractivity contribution in [1.82, 2.24) is 4.90 Å². The molecule has 96 valence electrons. The predicted molar refractivity (Wildman–Crippen MR) is 69.8 cm³/mol. The molecule has 0 aromatic carbocycles. The summed E-state index contributed by atoms with van der Waals surface area (Å²) in [6.45, 7) is 12.1. The molecule has 0 unspecified atom stereocenters. The second kappa shape index (κ2) is 6.61. The fourth-order valence-electron chi connectivity index (χ4n) is 2.75. The highest BCUT2D eigenvalue weighted by Crippen LogP contribution is 2.35. The molecule has 0 aromatic heterocycles. The lowest BCUT2D eigenvalue weighted by Gasteiger charge is -2.45. The van der Waals surface area contributed by atoms with Crippen molar-refractivity contribution in [2.24, 2.45) is 0 Å². The highest BCUT2D eigenvalue weighted by atomic mass is 16.5. The van der Waals surface area contributed by atoms with Gasteiger partial charge in [-0.3, -0.25) is 0 Å². The van der Waals surface area contributed by atoms with Crippen LogP contribution in [0.1, 0.15) is 59.8 Å². The van der Waals surface area contributed by atoms with Gasteiger partial charge in [0, 0.05) is 25.7 Å². The van der Waals surface area contributed by atoms with Gasteiger partial charge in [-0.2, -0.15) is 0 Å². The summed E-state index contributed by atoms with van der Waals surface area (Å²) in [6.07, 6.45) is 6.46. The van der Waals surface area contributed by atoms with Gasteiger partial charge in [0.15, 0.2) is 0 Å². The lowest BCUT2D eigenvalue weighted by molar-refractivity contribution is -0.113. The average Bonchev–Trinajstić information content (AvgIpc) is 2.33. The van der Waals surface area contributed by atoms with E-state index in [4.69, 9.17) is 4.74 Å². The molecule has 2 aliphatic rings.